The van der Waals surface area contributed by atoms with Gasteiger partial charge in [0.1, 0.15) is 6.10 Å². The van der Waals surface area contributed by atoms with Gasteiger partial charge in [-0.3, -0.25) is 9.48 Å². The molecule has 1 saturated heterocycles. The highest BCUT2D eigenvalue weighted by Gasteiger charge is 2.34. The van der Waals surface area contributed by atoms with Crippen LogP contribution in [0.1, 0.15) is 18.5 Å². The predicted molar refractivity (Wildman–Crippen MR) is 65.5 cm³/mol. The van der Waals surface area contributed by atoms with Gasteiger partial charge in [-0.1, -0.05) is 0 Å². The number of hydrogen-bond donors (Lipinski definition) is 2. The number of aromatic nitrogens is 2. The number of carboxylic acid groups (broad SMARTS) is 1. The number of rotatable bonds is 5. The van der Waals surface area contributed by atoms with Gasteiger partial charge in [-0.25, -0.2) is 4.79 Å². The zero-order valence-corrected chi connectivity index (χ0v) is 10.7. The van der Waals surface area contributed by atoms with Gasteiger partial charge in [0.05, 0.1) is 0 Å². The van der Waals surface area contributed by atoms with E-state index in [1.54, 1.807) is 10.9 Å². The molecule has 104 valence electrons. The molecular formula is C12H17N3O4. The topological polar surface area (TPSA) is 93.5 Å². The number of carboxylic acids is 1. The minimum absolute atomic E-state index is 0.245. The summed E-state index contributed by atoms with van der Waals surface area (Å²) >= 11 is 0. The highest BCUT2D eigenvalue weighted by atomic mass is 16.5. The van der Waals surface area contributed by atoms with Gasteiger partial charge < -0.3 is 15.2 Å². The second-order valence-corrected chi connectivity index (χ2v) is 4.52. The number of nitrogens with one attached hydrogen (secondary N) is 1. The van der Waals surface area contributed by atoms with Crippen molar-refractivity contribution in [2.24, 2.45) is 7.05 Å². The first-order valence-corrected chi connectivity index (χ1v) is 6.21. The van der Waals surface area contributed by atoms with E-state index in [0.29, 0.717) is 25.8 Å². The first-order chi connectivity index (χ1) is 9.08. The molecule has 1 aliphatic heterocycles. The van der Waals surface area contributed by atoms with Gasteiger partial charge in [0.2, 0.25) is 5.91 Å². The van der Waals surface area contributed by atoms with Crippen LogP contribution in [0.25, 0.3) is 0 Å². The molecule has 1 aliphatic rings. The Balaban J connectivity index is 1.73. The van der Waals surface area contributed by atoms with Gasteiger partial charge in [0, 0.05) is 31.9 Å². The number of aliphatic carboxylic acids is 1. The van der Waals surface area contributed by atoms with Crippen LogP contribution in [0, 0.1) is 0 Å². The zero-order valence-electron chi connectivity index (χ0n) is 10.7. The number of amides is 1. The van der Waals surface area contributed by atoms with E-state index >= 15 is 0 Å². The van der Waals surface area contributed by atoms with Crippen LogP contribution >= 0.6 is 0 Å². The summed E-state index contributed by atoms with van der Waals surface area (Å²) in [6.07, 6.45) is 1.72. The molecule has 0 spiro atoms. The van der Waals surface area contributed by atoms with Crippen molar-refractivity contribution in [1.29, 1.82) is 0 Å². The molecule has 1 aromatic heterocycles. The van der Waals surface area contributed by atoms with Crippen LogP contribution in [-0.2, 0) is 27.8 Å². The van der Waals surface area contributed by atoms with Crippen molar-refractivity contribution in [3.05, 3.63) is 18.0 Å². The molecule has 0 bridgehead atoms. The molecule has 0 saturated carbocycles. The maximum atomic E-state index is 11.8. The summed E-state index contributed by atoms with van der Waals surface area (Å²) in [5, 5.41) is 15.6. The highest BCUT2D eigenvalue weighted by molar-refractivity contribution is 5.82. The molecule has 2 heterocycles. The smallest absolute Gasteiger partial charge is 0.332 e. The Hall–Kier alpha value is -1.89. The molecule has 1 aromatic rings. The molecule has 19 heavy (non-hydrogen) atoms. The third-order valence-corrected chi connectivity index (χ3v) is 3.19. The van der Waals surface area contributed by atoms with Crippen LogP contribution in [0.3, 0.4) is 0 Å². The van der Waals surface area contributed by atoms with Crippen molar-refractivity contribution >= 4 is 11.9 Å². The van der Waals surface area contributed by atoms with E-state index in [4.69, 9.17) is 9.84 Å². The van der Waals surface area contributed by atoms with E-state index in [0.717, 1.165) is 5.69 Å². The first-order valence-electron chi connectivity index (χ1n) is 6.21. The Kier molecular flexibility index (Phi) is 4.16. The Morgan fingerprint density at radius 1 is 1.53 bits per heavy atom. The molecule has 1 fully saturated rings. The van der Waals surface area contributed by atoms with E-state index < -0.39 is 18.2 Å². The van der Waals surface area contributed by atoms with Gasteiger partial charge in [0.25, 0.3) is 0 Å². The van der Waals surface area contributed by atoms with Crippen molar-refractivity contribution in [1.82, 2.24) is 15.1 Å². The average molecular weight is 267 g/mol. The van der Waals surface area contributed by atoms with Crippen LogP contribution in [0.15, 0.2) is 12.3 Å². The number of nitrogens with zero attached hydrogens (tertiary/aromatic N) is 2. The van der Waals surface area contributed by atoms with E-state index in [1.165, 1.54) is 0 Å². The van der Waals surface area contributed by atoms with Crippen LogP contribution in [0.5, 0.6) is 0 Å². The number of aryl methyl sites for hydroxylation is 1. The molecule has 0 aromatic carbocycles. The van der Waals surface area contributed by atoms with E-state index in [2.05, 4.69) is 10.4 Å². The monoisotopic (exact) mass is 267 g/mol. The SMILES string of the molecule is Cn1nccc1CCNC(=O)C1CCC(C(=O)O)O1. The van der Waals surface area contributed by atoms with Crippen molar-refractivity contribution in [3.8, 4) is 0 Å². The van der Waals surface area contributed by atoms with Crippen LogP contribution in [0.4, 0.5) is 0 Å². The summed E-state index contributed by atoms with van der Waals surface area (Å²) in [7, 11) is 1.84. The highest BCUT2D eigenvalue weighted by Crippen LogP contribution is 2.19. The average Bonchev–Trinajstić information content (AvgIpc) is 2.98. The van der Waals surface area contributed by atoms with Crippen LogP contribution in [-0.4, -0.2) is 45.5 Å². The number of carbonyl (C=O) groups excluding carboxylic acids is 1. The van der Waals surface area contributed by atoms with E-state index in [9.17, 15) is 9.59 Å². The van der Waals surface area contributed by atoms with Gasteiger partial charge in [-0.15, -0.1) is 0 Å². The summed E-state index contributed by atoms with van der Waals surface area (Å²) in [5.41, 5.74) is 1.02. The molecule has 7 nitrogen and oxygen atoms in total. The van der Waals surface area contributed by atoms with Gasteiger partial charge in [-0.05, 0) is 18.9 Å². The van der Waals surface area contributed by atoms with Crippen molar-refractivity contribution in [2.75, 3.05) is 6.54 Å². The Labute approximate surface area is 110 Å². The minimum atomic E-state index is -1.01. The molecule has 0 radical (unpaired) electrons. The van der Waals surface area contributed by atoms with Gasteiger partial charge in [-0.2, -0.15) is 5.10 Å². The summed E-state index contributed by atoms with van der Waals surface area (Å²) in [5.74, 6) is -1.25. The lowest BCUT2D eigenvalue weighted by Crippen LogP contribution is -2.36. The number of carbonyl (C=O) groups is 2. The van der Waals surface area contributed by atoms with E-state index in [-0.39, 0.29) is 5.91 Å². The van der Waals surface area contributed by atoms with Crippen LogP contribution < -0.4 is 5.32 Å². The largest absolute Gasteiger partial charge is 0.479 e. The van der Waals surface area contributed by atoms with Gasteiger partial charge >= 0.3 is 5.97 Å². The van der Waals surface area contributed by atoms with Crippen LogP contribution in [0.2, 0.25) is 0 Å². The molecule has 2 unspecified atom stereocenters. The zero-order chi connectivity index (χ0) is 13.8. The maximum Gasteiger partial charge on any atom is 0.332 e. The van der Waals surface area contributed by atoms with Crippen molar-refractivity contribution in [3.63, 3.8) is 0 Å². The molecule has 2 N–H and O–H groups in total. The summed E-state index contributed by atoms with van der Waals surface area (Å²) in [4.78, 5) is 22.5. The second kappa shape index (κ2) is 5.83. The standard InChI is InChI=1S/C12H17N3O4/c1-15-8(5-7-14-15)4-6-13-11(16)9-2-3-10(19-9)12(17)18/h5,7,9-10H,2-4,6H2,1H3,(H,13,16)(H,17,18). The normalized spacial score (nSPS) is 22.4. The summed E-state index contributed by atoms with van der Waals surface area (Å²) < 4.78 is 6.92. The lowest BCUT2D eigenvalue weighted by molar-refractivity contribution is -0.151. The molecule has 0 aliphatic carbocycles. The quantitative estimate of drug-likeness (QED) is 0.764. The first kappa shape index (κ1) is 13.5. The number of ether oxygens (including phenoxy) is 1. The molecular weight excluding hydrogens is 250 g/mol. The molecule has 7 heteroatoms. The lowest BCUT2D eigenvalue weighted by atomic mass is 10.2. The third kappa shape index (κ3) is 3.31. The third-order valence-electron chi connectivity index (χ3n) is 3.19. The molecule has 2 atom stereocenters. The fourth-order valence-electron chi connectivity index (χ4n) is 2.09. The minimum Gasteiger partial charge on any atom is -0.479 e. The molecule has 2 rings (SSSR count). The summed E-state index contributed by atoms with van der Waals surface area (Å²) in [6, 6.07) is 1.89. The summed E-state index contributed by atoms with van der Waals surface area (Å²) in [6.45, 7) is 0.482. The van der Waals surface area contributed by atoms with E-state index in [1.807, 2.05) is 13.1 Å². The Morgan fingerprint density at radius 3 is 2.84 bits per heavy atom. The van der Waals surface area contributed by atoms with Crippen molar-refractivity contribution in [2.45, 2.75) is 31.5 Å². The predicted octanol–water partition coefficient (Wildman–Crippen LogP) is -0.289. The van der Waals surface area contributed by atoms with Crippen molar-refractivity contribution < 1.29 is 19.4 Å². The second-order valence-electron chi connectivity index (χ2n) is 4.52. The maximum absolute atomic E-state index is 11.8. The Bertz CT molecular complexity index is 471. The Morgan fingerprint density at radius 2 is 2.26 bits per heavy atom. The molecule has 1 amide bonds. The van der Waals surface area contributed by atoms with Gasteiger partial charge in [0.15, 0.2) is 6.10 Å². The number of hydrogen-bond acceptors (Lipinski definition) is 4. The lowest BCUT2D eigenvalue weighted by Gasteiger charge is -2.11. The fourth-order valence-corrected chi connectivity index (χ4v) is 2.09. The fraction of sp³-hybridized carbons (Fsp3) is 0.583.